The minimum atomic E-state index is -5.98. The van der Waals surface area contributed by atoms with E-state index in [2.05, 4.69) is 67.9 Å². The monoisotopic (exact) mass is 1890 g/mol. The lowest BCUT2D eigenvalue weighted by atomic mass is 9.48. The normalized spacial score (nSPS) is 23.9. The van der Waals surface area contributed by atoms with Crippen molar-refractivity contribution >= 4 is 120 Å². The summed E-state index contributed by atoms with van der Waals surface area (Å²) in [7, 11) is -35.6. The molecular formula is C65H80F12O38S6-6. The quantitative estimate of drug-likeness (QED) is 0.0265. The molecule has 0 aromatic rings. The van der Waals surface area contributed by atoms with Crippen LogP contribution in [0.4, 0.5) is 52.7 Å². The number of esters is 10. The largest absolute Gasteiger partial charge is 0.743 e. The first kappa shape index (κ1) is 111. The number of halogens is 12. The second-order valence-corrected chi connectivity index (χ2v) is 37.1. The van der Waals surface area contributed by atoms with Gasteiger partial charge in [-0.15, -0.1) is 0 Å². The summed E-state index contributed by atoms with van der Waals surface area (Å²) in [5.41, 5.74) is -3.99. The maximum absolute atomic E-state index is 13.7. The van der Waals surface area contributed by atoms with E-state index in [1.165, 1.54) is 20.8 Å². The van der Waals surface area contributed by atoms with Gasteiger partial charge in [0.25, 0.3) is 0 Å². The van der Waals surface area contributed by atoms with E-state index in [4.69, 9.17) is 18.9 Å². The Morgan fingerprint density at radius 2 is 0.587 bits per heavy atom. The summed E-state index contributed by atoms with van der Waals surface area (Å²) in [5.74, 6) is -10.0. The molecule has 8 bridgehead atoms. The predicted octanol–water partition coefficient (Wildman–Crippen LogP) is 5.47. The summed E-state index contributed by atoms with van der Waals surface area (Å²) >= 11 is 0. The van der Waals surface area contributed by atoms with Gasteiger partial charge in [0.1, 0.15) is 11.2 Å². The molecule has 0 N–H and O–H groups in total. The van der Waals surface area contributed by atoms with Gasteiger partial charge in [-0.1, -0.05) is 39.5 Å². The molecule has 56 heteroatoms. The first-order valence-corrected chi connectivity index (χ1v) is 42.4. The van der Waals surface area contributed by atoms with Crippen molar-refractivity contribution in [2.75, 3.05) is 13.2 Å². The van der Waals surface area contributed by atoms with Crippen LogP contribution in [0.2, 0.25) is 0 Å². The zero-order valence-corrected chi connectivity index (χ0v) is 69.5. The van der Waals surface area contributed by atoms with E-state index >= 15 is 0 Å². The van der Waals surface area contributed by atoms with Crippen molar-refractivity contribution in [2.45, 2.75) is 219 Å². The van der Waals surface area contributed by atoms with Crippen molar-refractivity contribution in [2.24, 2.45) is 34.5 Å². The highest BCUT2D eigenvalue weighted by molar-refractivity contribution is 7.88. The van der Waals surface area contributed by atoms with E-state index in [0.29, 0.717) is 105 Å². The van der Waals surface area contributed by atoms with Crippen molar-refractivity contribution in [1.29, 1.82) is 0 Å². The number of hydrogen-bond acceptors (Lipinski definition) is 38. The lowest BCUT2D eigenvalue weighted by Gasteiger charge is -2.59. The molecule has 0 saturated heterocycles. The zero-order chi connectivity index (χ0) is 95.4. The Labute approximate surface area is 683 Å². The summed E-state index contributed by atoms with van der Waals surface area (Å²) < 4.78 is 389. The van der Waals surface area contributed by atoms with Gasteiger partial charge < -0.3 is 74.7 Å². The molecule has 0 radical (unpaired) electrons. The molecular weight excluding hydrogens is 1810 g/mol. The average Bonchev–Trinajstić information content (AvgIpc) is 0.716. The standard InChI is InChI=1S/C18H24F2O7S.C17H22F2O7S.C9H12F2O7S.C8H10F2O7S.C7H10F2O5S.C6H8F2O5S/c1-10(2)14(21)27-17-7-12-4-13(8-17)6-16(5-12,9-17)15(22)26-11(3)18(19,20)28(23,24)25;1-3-13(20)26-16-7-11-4-12(8-16)6-15(5-11,9-16)14(21)25-10(2)17(18,19)27(22,23)24;1-5(2)8(13)17-4-7(12)18-6(3)9(10,11)19(14,15)16;1-3-6(11)16-4-7(12)17-5(2)8(9,10)18(13,14)15;1-4(2)6(10)14-5(3)7(8,9)15(11,12)13;1-3-5(9)13-4(2)6(7,8)14(10,11)12/h11-13H,1,4-9H2,2-3H3,(H,23,24,25);3,10-12H,1,4-9H2,2H3,(H,22,23,24);6H,1,4H2,2-3H3,(H,14,15,16);3,5H,1,4H2,2H3,(H,13,14,15);5H,1H2,2-3H3,(H,11,12,13);3-4H,1H2,2H3,(H,10,11,12)/p-6. The maximum Gasteiger partial charge on any atom is 0.370 e. The first-order valence-electron chi connectivity index (χ1n) is 33.9. The molecule has 8 saturated carbocycles. The fraction of sp³-hybridized carbons (Fsp3) is 0.662. The minimum absolute atomic E-state index is 0.0340. The second-order valence-electron chi connectivity index (χ2n) is 28.4. The molecule has 8 aliphatic rings. The smallest absolute Gasteiger partial charge is 0.370 e. The van der Waals surface area contributed by atoms with Crippen LogP contribution in [-0.4, -0.2) is 230 Å². The Morgan fingerprint density at radius 1 is 0.347 bits per heavy atom. The highest BCUT2D eigenvalue weighted by Crippen LogP contribution is 2.65. The number of ether oxygens (including phenoxy) is 10. The lowest BCUT2D eigenvalue weighted by molar-refractivity contribution is -0.216. The molecule has 694 valence electrons. The third-order valence-corrected chi connectivity index (χ3v) is 24.3. The maximum atomic E-state index is 13.7. The average molecular weight is 1890 g/mol. The van der Waals surface area contributed by atoms with E-state index < -0.39 is 224 Å². The van der Waals surface area contributed by atoms with Gasteiger partial charge in [0.2, 0.25) is 0 Å². The Balaban J connectivity index is 0.000000742. The second kappa shape index (κ2) is 40.6. The molecule has 0 aromatic carbocycles. The van der Waals surface area contributed by atoms with Crippen LogP contribution in [0.15, 0.2) is 74.4 Å². The van der Waals surface area contributed by atoms with Gasteiger partial charge in [-0.2, -0.15) is 52.7 Å². The topological polar surface area (TPSA) is 606 Å². The third-order valence-electron chi connectivity index (χ3n) is 18.3. The van der Waals surface area contributed by atoms with Crippen LogP contribution in [-0.2, 0) is 156 Å². The Kier molecular flexibility index (Phi) is 37.2. The van der Waals surface area contributed by atoms with Gasteiger partial charge in [0, 0.05) is 47.8 Å². The zero-order valence-electron chi connectivity index (χ0n) is 64.6. The number of carbonyl (C=O) groups excluding carboxylic acids is 10. The number of hydrogen-bond donors (Lipinski definition) is 0. The lowest BCUT2D eigenvalue weighted by Crippen LogP contribution is -2.60. The van der Waals surface area contributed by atoms with E-state index in [1.807, 2.05) is 0 Å². The molecule has 8 aliphatic carbocycles. The van der Waals surface area contributed by atoms with Crippen molar-refractivity contribution in [3.05, 3.63) is 74.4 Å². The highest BCUT2D eigenvalue weighted by atomic mass is 32.2. The molecule has 8 fully saturated rings. The summed E-state index contributed by atoms with van der Waals surface area (Å²) in [5, 5.41) is -28.3. The van der Waals surface area contributed by atoms with Gasteiger partial charge in [0.05, 0.1) is 10.8 Å². The van der Waals surface area contributed by atoms with E-state index in [1.54, 1.807) is 0 Å². The van der Waals surface area contributed by atoms with Crippen molar-refractivity contribution in [1.82, 2.24) is 0 Å². The summed E-state index contributed by atoms with van der Waals surface area (Å²) in [4.78, 5) is 114. The fourth-order valence-corrected chi connectivity index (χ4v) is 15.9. The van der Waals surface area contributed by atoms with Gasteiger partial charge >= 0.3 is 91.2 Å². The molecule has 0 heterocycles. The van der Waals surface area contributed by atoms with Gasteiger partial charge in [0.15, 0.2) is 111 Å². The third kappa shape index (κ3) is 28.9. The molecule has 38 nitrogen and oxygen atoms in total. The Bertz CT molecular complexity index is 4680. The molecule has 121 heavy (non-hydrogen) atoms. The van der Waals surface area contributed by atoms with E-state index in [-0.39, 0.29) is 53.2 Å². The Hall–Kier alpha value is -8.24. The van der Waals surface area contributed by atoms with Crippen molar-refractivity contribution < 1.29 is 226 Å². The Morgan fingerprint density at radius 3 is 0.843 bits per heavy atom. The van der Waals surface area contributed by atoms with Gasteiger partial charge in [-0.05, 0) is 150 Å². The van der Waals surface area contributed by atoms with Gasteiger partial charge in [-0.25, -0.2) is 88.9 Å². The summed E-state index contributed by atoms with van der Waals surface area (Å²) in [6.07, 6.45) is -6.33. The number of rotatable bonds is 32. The SMILES string of the molecule is C=C(C)C(=O)OC(C)C(F)(F)S(=O)(=O)[O-].C=C(C)C(=O)OC12CC3CC(C1)CC(C(=O)OC(C)C(F)(F)S(=O)(=O)[O-])(C3)C2.C=C(C)C(=O)OCC(=O)OC(C)C(F)(F)S(=O)(=O)[O-].C=CC(=O)OC(C)C(F)(F)S(=O)(=O)[O-].C=CC(=O)OC12CC3CC(C1)CC(C(=O)OC(C)C(F)(F)S(=O)(=O)[O-])(C3)C2.C=CC(=O)OCC(=O)OC(C)C(F)(F)S(=O)(=O)[O-]. The van der Waals surface area contributed by atoms with E-state index in [9.17, 15) is 178 Å². The first-order chi connectivity index (χ1) is 54.1. The molecule has 0 spiro atoms. The number of alkyl halides is 12. The molecule has 8 rings (SSSR count). The van der Waals surface area contributed by atoms with Crippen LogP contribution in [0.25, 0.3) is 0 Å². The van der Waals surface area contributed by atoms with Crippen LogP contribution in [0.5, 0.6) is 0 Å². The van der Waals surface area contributed by atoms with Crippen LogP contribution < -0.4 is 0 Å². The molecule has 0 aliphatic heterocycles. The molecule has 0 amide bonds. The molecule has 10 atom stereocenters. The van der Waals surface area contributed by atoms with Crippen molar-refractivity contribution in [3.8, 4) is 0 Å². The number of carbonyl (C=O) groups is 10. The fourth-order valence-electron chi connectivity index (χ4n) is 13.2. The van der Waals surface area contributed by atoms with Crippen LogP contribution in [0.3, 0.4) is 0 Å². The van der Waals surface area contributed by atoms with Crippen LogP contribution in [0.1, 0.15) is 139 Å². The highest BCUT2D eigenvalue weighted by Gasteiger charge is 2.66. The van der Waals surface area contributed by atoms with Crippen LogP contribution in [0, 0.1) is 34.5 Å². The summed E-state index contributed by atoms with van der Waals surface area (Å²) in [6.45, 7) is 24.7. The molecule has 0 aromatic heterocycles. The van der Waals surface area contributed by atoms with E-state index in [0.717, 1.165) is 18.9 Å². The molecule has 10 unspecified atom stereocenters. The van der Waals surface area contributed by atoms with Crippen LogP contribution >= 0.6 is 0 Å². The van der Waals surface area contributed by atoms with Crippen molar-refractivity contribution in [3.63, 3.8) is 0 Å². The minimum Gasteiger partial charge on any atom is -0.743 e. The van der Waals surface area contributed by atoms with Gasteiger partial charge in [-0.3, -0.25) is 9.59 Å². The predicted molar refractivity (Wildman–Crippen MR) is 370 cm³/mol. The summed E-state index contributed by atoms with van der Waals surface area (Å²) in [6, 6.07) is 0.